The van der Waals surface area contributed by atoms with Crippen molar-refractivity contribution < 1.29 is 4.79 Å². The second-order valence-electron chi connectivity index (χ2n) is 2.96. The number of amides is 1. The van der Waals surface area contributed by atoms with Crippen LogP contribution in [0.3, 0.4) is 0 Å². The first-order valence-electron chi connectivity index (χ1n) is 4.55. The van der Waals surface area contributed by atoms with E-state index in [0.717, 1.165) is 6.42 Å². The molecule has 3 N–H and O–H groups in total. The first-order valence-corrected chi connectivity index (χ1v) is 4.55. The lowest BCUT2D eigenvalue weighted by molar-refractivity contribution is -0.120. The van der Waals surface area contributed by atoms with Gasteiger partial charge in [-0.25, -0.2) is 9.97 Å². The van der Waals surface area contributed by atoms with Crippen LogP contribution < -0.4 is 11.1 Å². The number of carbonyl (C=O) groups excluding carboxylic acids is 1. The molecule has 0 radical (unpaired) electrons. The number of rotatable bonds is 4. The molecule has 5 heteroatoms. The van der Waals surface area contributed by atoms with Gasteiger partial charge in [-0.1, -0.05) is 6.92 Å². The summed E-state index contributed by atoms with van der Waals surface area (Å²) in [5, 5.41) is 2.75. The minimum atomic E-state index is -0.0587. The van der Waals surface area contributed by atoms with Crippen LogP contribution in [0.1, 0.15) is 19.2 Å². The predicted octanol–water partition coefficient (Wildman–Crippen LogP) is 0.127. The Balaban J connectivity index is 2.44. The lowest BCUT2D eigenvalue weighted by atomic mass is 10.3. The van der Waals surface area contributed by atoms with Crippen molar-refractivity contribution in [1.82, 2.24) is 15.3 Å². The zero-order valence-corrected chi connectivity index (χ0v) is 8.16. The molecule has 0 aliphatic heterocycles. The lowest BCUT2D eigenvalue weighted by Crippen LogP contribution is -2.26. The Morgan fingerprint density at radius 1 is 1.50 bits per heavy atom. The molecule has 0 spiro atoms. The van der Waals surface area contributed by atoms with E-state index < -0.39 is 0 Å². The van der Waals surface area contributed by atoms with E-state index in [1.54, 1.807) is 0 Å². The van der Waals surface area contributed by atoms with Crippen LogP contribution in [0.5, 0.6) is 0 Å². The number of hydrogen-bond donors (Lipinski definition) is 2. The molecule has 0 aliphatic rings. The van der Waals surface area contributed by atoms with Gasteiger partial charge in [0.15, 0.2) is 0 Å². The van der Waals surface area contributed by atoms with E-state index in [1.165, 1.54) is 12.4 Å². The highest BCUT2D eigenvalue weighted by Gasteiger charge is 2.03. The van der Waals surface area contributed by atoms with Gasteiger partial charge in [-0.15, -0.1) is 0 Å². The molecular weight excluding hydrogens is 180 g/mol. The highest BCUT2D eigenvalue weighted by molar-refractivity contribution is 5.77. The molecule has 0 atom stereocenters. The average molecular weight is 194 g/mol. The zero-order valence-electron chi connectivity index (χ0n) is 8.16. The van der Waals surface area contributed by atoms with Crippen molar-refractivity contribution in [3.8, 4) is 0 Å². The molecule has 5 nitrogen and oxygen atoms in total. The van der Waals surface area contributed by atoms with Gasteiger partial charge in [0, 0.05) is 6.54 Å². The van der Waals surface area contributed by atoms with E-state index in [0.29, 0.717) is 18.1 Å². The van der Waals surface area contributed by atoms with E-state index in [2.05, 4.69) is 15.3 Å². The van der Waals surface area contributed by atoms with Crippen molar-refractivity contribution in [1.29, 1.82) is 0 Å². The van der Waals surface area contributed by atoms with Crippen molar-refractivity contribution in [2.45, 2.75) is 19.8 Å². The van der Waals surface area contributed by atoms with E-state index in [1.807, 2.05) is 6.92 Å². The summed E-state index contributed by atoms with van der Waals surface area (Å²) in [7, 11) is 0. The molecule has 0 aromatic carbocycles. The Morgan fingerprint density at radius 3 is 2.71 bits per heavy atom. The number of aromatic nitrogens is 2. The Bertz CT molecular complexity index is 296. The van der Waals surface area contributed by atoms with Gasteiger partial charge in [0.05, 0.1) is 24.5 Å². The summed E-state index contributed by atoms with van der Waals surface area (Å²) in [6.45, 7) is 2.69. The molecule has 0 fully saturated rings. The van der Waals surface area contributed by atoms with Crippen molar-refractivity contribution in [3.63, 3.8) is 0 Å². The summed E-state index contributed by atoms with van der Waals surface area (Å²) in [5.74, 6) is 0.435. The number of hydrogen-bond acceptors (Lipinski definition) is 4. The normalized spacial score (nSPS) is 9.79. The van der Waals surface area contributed by atoms with Crippen molar-refractivity contribution in [2.24, 2.45) is 0 Å². The third-order valence-electron chi connectivity index (χ3n) is 1.62. The predicted molar refractivity (Wildman–Crippen MR) is 53.4 cm³/mol. The average Bonchev–Trinajstić information content (AvgIpc) is 2.18. The number of nitrogen functional groups attached to an aromatic ring is 1. The van der Waals surface area contributed by atoms with Crippen molar-refractivity contribution in [3.05, 3.63) is 18.2 Å². The zero-order chi connectivity index (χ0) is 10.4. The Labute approximate surface area is 82.7 Å². The van der Waals surface area contributed by atoms with Crippen LogP contribution in [0.15, 0.2) is 12.4 Å². The van der Waals surface area contributed by atoms with Crippen LogP contribution in [-0.4, -0.2) is 22.4 Å². The molecule has 1 heterocycles. The first kappa shape index (κ1) is 10.4. The molecule has 1 rings (SSSR count). The fourth-order valence-electron chi connectivity index (χ4n) is 0.927. The Hall–Kier alpha value is -1.65. The summed E-state index contributed by atoms with van der Waals surface area (Å²) in [5.41, 5.74) is 5.91. The maximum absolute atomic E-state index is 11.2. The number of carbonyl (C=O) groups is 1. The monoisotopic (exact) mass is 194 g/mol. The number of nitrogens with two attached hydrogens (primary N) is 1. The van der Waals surface area contributed by atoms with Crippen molar-refractivity contribution >= 4 is 11.6 Å². The molecule has 0 saturated heterocycles. The lowest BCUT2D eigenvalue weighted by Gasteiger charge is -2.02. The van der Waals surface area contributed by atoms with Gasteiger partial charge in [0.25, 0.3) is 0 Å². The molecule has 1 aromatic rings. The maximum Gasteiger partial charge on any atom is 0.227 e. The second-order valence-corrected chi connectivity index (χ2v) is 2.96. The summed E-state index contributed by atoms with van der Waals surface area (Å²) in [6.07, 6.45) is 4.12. The number of anilines is 1. The van der Waals surface area contributed by atoms with Gasteiger partial charge in [0.1, 0.15) is 5.82 Å². The van der Waals surface area contributed by atoms with Gasteiger partial charge in [-0.3, -0.25) is 4.79 Å². The molecule has 0 aliphatic carbocycles. The highest BCUT2D eigenvalue weighted by atomic mass is 16.1. The van der Waals surface area contributed by atoms with Crippen LogP contribution in [0, 0.1) is 0 Å². The maximum atomic E-state index is 11.2. The van der Waals surface area contributed by atoms with Gasteiger partial charge in [0.2, 0.25) is 5.91 Å². The largest absolute Gasteiger partial charge is 0.396 e. The Kier molecular flexibility index (Phi) is 3.84. The van der Waals surface area contributed by atoms with E-state index >= 15 is 0 Å². The van der Waals surface area contributed by atoms with Gasteiger partial charge >= 0.3 is 0 Å². The number of nitrogens with zero attached hydrogens (tertiary/aromatic N) is 2. The molecule has 14 heavy (non-hydrogen) atoms. The van der Waals surface area contributed by atoms with Gasteiger partial charge in [-0.05, 0) is 6.42 Å². The number of nitrogens with one attached hydrogen (secondary N) is 1. The first-order chi connectivity index (χ1) is 6.72. The second kappa shape index (κ2) is 5.16. The molecule has 76 valence electrons. The third-order valence-corrected chi connectivity index (χ3v) is 1.62. The standard InChI is InChI=1S/C9H14N4O/c1-2-3-11-9(14)4-8-12-5-7(10)6-13-8/h5-6H,2-4,10H2,1H3,(H,11,14). The van der Waals surface area contributed by atoms with Crippen LogP contribution in [-0.2, 0) is 11.2 Å². The smallest absolute Gasteiger partial charge is 0.227 e. The van der Waals surface area contributed by atoms with Gasteiger partial charge < -0.3 is 11.1 Å². The fourth-order valence-corrected chi connectivity index (χ4v) is 0.927. The minimum absolute atomic E-state index is 0.0587. The molecule has 0 unspecified atom stereocenters. The SMILES string of the molecule is CCCNC(=O)Cc1ncc(N)cn1. The van der Waals surface area contributed by atoms with Crippen LogP contribution in [0.25, 0.3) is 0 Å². The van der Waals surface area contributed by atoms with Crippen LogP contribution in [0.2, 0.25) is 0 Å². The quantitative estimate of drug-likeness (QED) is 0.713. The molecule has 0 saturated carbocycles. The molecular formula is C9H14N4O. The van der Waals surface area contributed by atoms with E-state index in [4.69, 9.17) is 5.73 Å². The molecule has 1 aromatic heterocycles. The van der Waals surface area contributed by atoms with Crippen LogP contribution >= 0.6 is 0 Å². The summed E-state index contributed by atoms with van der Waals surface area (Å²) >= 11 is 0. The summed E-state index contributed by atoms with van der Waals surface area (Å²) in [6, 6.07) is 0. The molecule has 1 amide bonds. The Morgan fingerprint density at radius 2 is 2.14 bits per heavy atom. The van der Waals surface area contributed by atoms with Gasteiger partial charge in [-0.2, -0.15) is 0 Å². The van der Waals surface area contributed by atoms with E-state index in [9.17, 15) is 4.79 Å². The van der Waals surface area contributed by atoms with Crippen molar-refractivity contribution in [2.75, 3.05) is 12.3 Å². The molecule has 0 bridgehead atoms. The van der Waals surface area contributed by atoms with Crippen LogP contribution in [0.4, 0.5) is 5.69 Å². The highest BCUT2D eigenvalue weighted by Crippen LogP contribution is 1.96. The third kappa shape index (κ3) is 3.38. The fraction of sp³-hybridized carbons (Fsp3) is 0.444. The minimum Gasteiger partial charge on any atom is -0.396 e. The topological polar surface area (TPSA) is 80.9 Å². The van der Waals surface area contributed by atoms with E-state index in [-0.39, 0.29) is 12.3 Å². The summed E-state index contributed by atoms with van der Waals surface area (Å²) in [4.78, 5) is 19.1. The summed E-state index contributed by atoms with van der Waals surface area (Å²) < 4.78 is 0.